The largest absolute Gasteiger partial charge is 0.530 e. The molecule has 0 unspecified atom stereocenters. The van der Waals surface area contributed by atoms with E-state index in [0.29, 0.717) is 28.6 Å². The Morgan fingerprint density at radius 2 is 1.72 bits per heavy atom. The van der Waals surface area contributed by atoms with E-state index in [-0.39, 0.29) is 30.8 Å². The lowest BCUT2D eigenvalue weighted by Crippen LogP contribution is -2.39. The van der Waals surface area contributed by atoms with E-state index in [4.69, 9.17) is 4.74 Å². The second-order valence-electron chi connectivity index (χ2n) is 8.84. The lowest BCUT2D eigenvalue weighted by molar-refractivity contribution is -0.264. The number of fused-ring (bicyclic) bond motifs is 1. The number of carbonyl (C=O) groups excluding carboxylic acids is 2. The highest BCUT2D eigenvalue weighted by molar-refractivity contribution is 6.07. The number of carboxylic acid groups (broad SMARTS) is 1. The number of alkyl halides is 3. The van der Waals surface area contributed by atoms with Crippen LogP contribution in [0.3, 0.4) is 0 Å². The Morgan fingerprint density at radius 3 is 2.33 bits per heavy atom. The molecule has 0 fully saturated rings. The van der Waals surface area contributed by atoms with Crippen LogP contribution in [-0.2, 0) is 19.1 Å². The SMILES string of the molecule is COc1ccc(-n2nc(C(F)(F)F)c3c2C(=O)N(c2ccc(-n4ccnc4CN(C)C(=O)[O-])cc2)CC3)cc1. The zero-order chi connectivity index (χ0) is 27.9. The number of rotatable bonds is 6. The molecule has 2 amide bonds. The average molecular weight is 539 g/mol. The Hall–Kier alpha value is -4.81. The van der Waals surface area contributed by atoms with E-state index in [9.17, 15) is 27.9 Å². The molecule has 1 aliphatic rings. The van der Waals surface area contributed by atoms with Crippen LogP contribution in [0.4, 0.5) is 23.7 Å². The standard InChI is InChI=1S/C26H23F3N6O4/c1-32(25(37)38)15-21-30-12-14-33(21)16-3-5-17(6-4-16)34-13-11-20-22(24(34)36)35(31-23(20)26(27,28)29)18-7-9-19(39-2)10-8-18/h3-10,12,14H,11,13,15H2,1-2H3,(H,37,38)/p-1. The van der Waals surface area contributed by atoms with Gasteiger partial charge in [-0.1, -0.05) is 0 Å². The number of imidazole rings is 1. The number of hydrogen-bond acceptors (Lipinski definition) is 6. The van der Waals surface area contributed by atoms with Gasteiger partial charge < -0.3 is 29.0 Å². The molecule has 13 heteroatoms. The summed E-state index contributed by atoms with van der Waals surface area (Å²) in [5.74, 6) is 0.356. The van der Waals surface area contributed by atoms with Crippen molar-refractivity contribution in [1.82, 2.24) is 24.2 Å². The Morgan fingerprint density at radius 1 is 1.08 bits per heavy atom. The second kappa shape index (κ2) is 9.82. The Balaban J connectivity index is 1.48. The summed E-state index contributed by atoms with van der Waals surface area (Å²) >= 11 is 0. The highest BCUT2D eigenvalue weighted by Crippen LogP contribution is 2.37. The van der Waals surface area contributed by atoms with Gasteiger partial charge in [0.05, 0.1) is 19.3 Å². The topological polar surface area (TPSA) is 109 Å². The van der Waals surface area contributed by atoms with Gasteiger partial charge in [0.15, 0.2) is 5.69 Å². The van der Waals surface area contributed by atoms with Crippen LogP contribution in [-0.4, -0.2) is 56.9 Å². The fourth-order valence-corrected chi connectivity index (χ4v) is 4.50. The van der Waals surface area contributed by atoms with Gasteiger partial charge >= 0.3 is 6.18 Å². The second-order valence-corrected chi connectivity index (χ2v) is 8.84. The Labute approximate surface area is 220 Å². The maximum Gasteiger partial charge on any atom is 0.435 e. The number of ether oxygens (including phenoxy) is 1. The maximum atomic E-state index is 13.8. The molecule has 0 bridgehead atoms. The van der Waals surface area contributed by atoms with Crippen LogP contribution in [0.25, 0.3) is 11.4 Å². The third-order valence-electron chi connectivity index (χ3n) is 6.45. The predicted molar refractivity (Wildman–Crippen MR) is 131 cm³/mol. The zero-order valence-corrected chi connectivity index (χ0v) is 20.8. The maximum absolute atomic E-state index is 13.8. The lowest BCUT2D eigenvalue weighted by Gasteiger charge is -2.28. The van der Waals surface area contributed by atoms with Crippen molar-refractivity contribution in [3.05, 3.63) is 83.7 Å². The first-order valence-corrected chi connectivity index (χ1v) is 11.8. The van der Waals surface area contributed by atoms with Crippen molar-refractivity contribution >= 4 is 17.7 Å². The molecule has 0 spiro atoms. The van der Waals surface area contributed by atoms with Gasteiger partial charge in [-0.25, -0.2) is 9.67 Å². The fourth-order valence-electron chi connectivity index (χ4n) is 4.50. The van der Waals surface area contributed by atoms with Crippen molar-refractivity contribution in [3.8, 4) is 17.1 Å². The molecule has 0 saturated carbocycles. The summed E-state index contributed by atoms with van der Waals surface area (Å²) in [6.07, 6.45) is -2.90. The molecule has 0 atom stereocenters. The van der Waals surface area contributed by atoms with E-state index in [2.05, 4.69) is 10.1 Å². The van der Waals surface area contributed by atoms with Gasteiger partial charge in [0.2, 0.25) is 0 Å². The molecule has 2 aromatic carbocycles. The fraction of sp³-hybridized carbons (Fsp3) is 0.231. The number of carbonyl (C=O) groups is 2. The van der Waals surface area contributed by atoms with Crippen LogP contribution in [0.15, 0.2) is 60.9 Å². The minimum Gasteiger partial charge on any atom is -0.530 e. The van der Waals surface area contributed by atoms with E-state index in [1.165, 1.54) is 37.4 Å². The van der Waals surface area contributed by atoms with Crippen LogP contribution < -0.4 is 14.7 Å². The van der Waals surface area contributed by atoms with Crippen molar-refractivity contribution in [2.24, 2.45) is 0 Å². The summed E-state index contributed by atoms with van der Waals surface area (Å²) in [6.45, 7) is 0.0384. The normalized spacial score (nSPS) is 13.4. The van der Waals surface area contributed by atoms with E-state index in [1.54, 1.807) is 47.2 Å². The van der Waals surface area contributed by atoms with E-state index in [1.807, 2.05) is 0 Å². The number of amides is 2. The van der Waals surface area contributed by atoms with Gasteiger partial charge in [-0.3, -0.25) is 4.79 Å². The van der Waals surface area contributed by atoms with Crippen LogP contribution in [0.1, 0.15) is 27.6 Å². The molecule has 4 aromatic rings. The molecular weight excluding hydrogens is 517 g/mol. The zero-order valence-electron chi connectivity index (χ0n) is 20.8. The molecule has 5 rings (SSSR count). The molecule has 2 aromatic heterocycles. The van der Waals surface area contributed by atoms with E-state index >= 15 is 0 Å². The molecular formula is C26H22F3N6O4-. The quantitative estimate of drug-likeness (QED) is 0.373. The summed E-state index contributed by atoms with van der Waals surface area (Å²) in [5, 5.41) is 14.9. The molecule has 202 valence electrons. The number of anilines is 1. The Bertz CT molecular complexity index is 1530. The molecule has 0 radical (unpaired) electrons. The first kappa shape index (κ1) is 25.8. The summed E-state index contributed by atoms with van der Waals surface area (Å²) in [5.41, 5.74) is 0.0687. The van der Waals surface area contributed by atoms with Crippen LogP contribution in [0.2, 0.25) is 0 Å². The van der Waals surface area contributed by atoms with Gasteiger partial charge in [-0.15, -0.1) is 0 Å². The van der Waals surface area contributed by atoms with Crippen molar-refractivity contribution in [2.75, 3.05) is 25.6 Å². The van der Waals surface area contributed by atoms with Crippen molar-refractivity contribution in [2.45, 2.75) is 19.1 Å². The number of nitrogens with zero attached hydrogens (tertiary/aromatic N) is 6. The minimum absolute atomic E-state index is 0.00135. The molecule has 3 heterocycles. The van der Waals surface area contributed by atoms with Gasteiger partial charge in [0.25, 0.3) is 5.91 Å². The first-order valence-electron chi connectivity index (χ1n) is 11.8. The molecule has 0 N–H and O–H groups in total. The lowest BCUT2D eigenvalue weighted by atomic mass is 10.0. The van der Waals surface area contributed by atoms with Gasteiger partial charge in [0, 0.05) is 42.9 Å². The van der Waals surface area contributed by atoms with Crippen molar-refractivity contribution < 1.29 is 32.6 Å². The molecule has 39 heavy (non-hydrogen) atoms. The Kier molecular flexibility index (Phi) is 6.50. The van der Waals surface area contributed by atoms with Crippen LogP contribution in [0.5, 0.6) is 5.75 Å². The number of hydrogen-bond donors (Lipinski definition) is 0. The molecule has 1 aliphatic heterocycles. The van der Waals surface area contributed by atoms with Crippen LogP contribution in [0, 0.1) is 0 Å². The van der Waals surface area contributed by atoms with Gasteiger partial charge in [0.1, 0.15) is 23.4 Å². The minimum atomic E-state index is -4.72. The van der Waals surface area contributed by atoms with Crippen molar-refractivity contribution in [1.29, 1.82) is 0 Å². The molecule has 0 aliphatic carbocycles. The third kappa shape index (κ3) is 4.78. The number of aromatic nitrogens is 4. The molecule has 10 nitrogen and oxygen atoms in total. The van der Waals surface area contributed by atoms with Crippen molar-refractivity contribution in [3.63, 3.8) is 0 Å². The summed E-state index contributed by atoms with van der Waals surface area (Å²) < 4.78 is 49.4. The highest BCUT2D eigenvalue weighted by atomic mass is 19.4. The predicted octanol–water partition coefficient (Wildman–Crippen LogP) is 3.06. The summed E-state index contributed by atoms with van der Waals surface area (Å²) in [7, 11) is 2.84. The van der Waals surface area contributed by atoms with E-state index < -0.39 is 23.9 Å². The van der Waals surface area contributed by atoms with Gasteiger partial charge in [-0.05, 0) is 55.0 Å². The average Bonchev–Trinajstić information content (AvgIpc) is 3.54. The summed E-state index contributed by atoms with van der Waals surface area (Å²) in [6, 6.07) is 13.0. The summed E-state index contributed by atoms with van der Waals surface area (Å²) in [4.78, 5) is 31.3. The monoisotopic (exact) mass is 539 g/mol. The molecule has 0 saturated heterocycles. The number of methoxy groups -OCH3 is 1. The van der Waals surface area contributed by atoms with E-state index in [0.717, 1.165) is 9.58 Å². The van der Waals surface area contributed by atoms with Gasteiger partial charge in [-0.2, -0.15) is 18.3 Å². The highest BCUT2D eigenvalue weighted by Gasteiger charge is 2.43. The van der Waals surface area contributed by atoms with Crippen LogP contribution >= 0.6 is 0 Å². The smallest absolute Gasteiger partial charge is 0.435 e. The number of benzene rings is 2. The number of halogens is 3. The third-order valence-corrected chi connectivity index (χ3v) is 6.45. The first-order chi connectivity index (χ1) is 18.6.